The van der Waals surface area contributed by atoms with Gasteiger partial charge in [-0.05, 0) is 24.1 Å². The van der Waals surface area contributed by atoms with Crippen molar-refractivity contribution in [2.75, 3.05) is 4.90 Å². The Hall–Kier alpha value is -1.18. The van der Waals surface area contributed by atoms with E-state index in [0.29, 0.717) is 11.6 Å². The zero-order valence-corrected chi connectivity index (χ0v) is 13.5. The molecule has 1 aromatic heterocycles. The van der Waals surface area contributed by atoms with Crippen molar-refractivity contribution in [3.8, 4) is 0 Å². The van der Waals surface area contributed by atoms with E-state index in [9.17, 15) is 4.79 Å². The molecule has 1 N–H and O–H groups in total. The second kappa shape index (κ2) is 5.67. The minimum Gasteiger partial charge on any atom is -0.278 e. The molecule has 0 radical (unpaired) electrons. The lowest BCUT2D eigenvalue weighted by atomic mass is 10.1. The number of anilines is 1. The normalized spacial score (nSPS) is 18.9. The largest absolute Gasteiger partial charge is 0.278 e. The predicted molar refractivity (Wildman–Crippen MR) is 86.6 cm³/mol. The smallest absolute Gasteiger partial charge is 0.248 e. The number of rotatable bonds is 3. The zero-order chi connectivity index (χ0) is 14.1. The Balaban J connectivity index is 1.78. The number of thioether (sulfide) groups is 1. The number of benzene rings is 1. The molecule has 1 amide bonds. The number of hydrogen-bond acceptors (Lipinski definition) is 5. The molecule has 0 spiro atoms. The Kier molecular flexibility index (Phi) is 3.91. The molecule has 0 unspecified atom stereocenters. The van der Waals surface area contributed by atoms with Crippen molar-refractivity contribution in [1.29, 1.82) is 5.41 Å². The topological polar surface area (TPSA) is 57.1 Å². The van der Waals surface area contributed by atoms with Gasteiger partial charge in [0, 0.05) is 16.0 Å². The van der Waals surface area contributed by atoms with Crippen LogP contribution in [0.2, 0.25) is 0 Å². The third-order valence-electron chi connectivity index (χ3n) is 2.90. The molecule has 2 heterocycles. The van der Waals surface area contributed by atoms with Crippen molar-refractivity contribution in [2.45, 2.75) is 11.7 Å². The van der Waals surface area contributed by atoms with Gasteiger partial charge in [-0.3, -0.25) is 10.2 Å². The zero-order valence-electron chi connectivity index (χ0n) is 10.2. The number of hydrogen-bond donors (Lipinski definition) is 1. The Bertz CT molecular complexity index is 642. The number of aromatic nitrogens is 1. The van der Waals surface area contributed by atoms with Crippen molar-refractivity contribution in [3.63, 3.8) is 0 Å². The van der Waals surface area contributed by atoms with Crippen LogP contribution < -0.4 is 4.90 Å². The van der Waals surface area contributed by atoms with Crippen LogP contribution >= 0.6 is 39.0 Å². The number of carbonyl (C=O) groups is 1. The first kappa shape index (κ1) is 13.8. The van der Waals surface area contributed by atoms with Crippen LogP contribution in [-0.2, 0) is 11.2 Å². The molecule has 1 aromatic carbocycles. The van der Waals surface area contributed by atoms with Crippen LogP contribution in [0, 0.1) is 5.41 Å². The molecule has 7 heteroatoms. The maximum atomic E-state index is 12.4. The molecule has 1 saturated heterocycles. The van der Waals surface area contributed by atoms with Crippen molar-refractivity contribution in [1.82, 2.24) is 4.98 Å². The Labute approximate surface area is 132 Å². The van der Waals surface area contributed by atoms with Gasteiger partial charge in [0.25, 0.3) is 0 Å². The lowest BCUT2D eigenvalue weighted by Crippen LogP contribution is -2.32. The van der Waals surface area contributed by atoms with Gasteiger partial charge in [-0.15, -0.1) is 11.3 Å². The lowest BCUT2D eigenvalue weighted by Gasteiger charge is -2.11. The molecule has 0 saturated carbocycles. The number of carbonyl (C=O) groups excluding carboxylic acids is 1. The summed E-state index contributed by atoms with van der Waals surface area (Å²) < 4.78 is 1.02. The van der Waals surface area contributed by atoms with Gasteiger partial charge in [0.05, 0.1) is 5.25 Å². The third kappa shape index (κ3) is 2.65. The third-order valence-corrected chi connectivity index (χ3v) is 5.24. The molecule has 1 fully saturated rings. The number of amidine groups is 1. The maximum Gasteiger partial charge on any atom is 0.248 e. The minimum absolute atomic E-state index is 0.0575. The van der Waals surface area contributed by atoms with Gasteiger partial charge in [-0.1, -0.05) is 39.8 Å². The molecule has 0 bridgehead atoms. The highest BCUT2D eigenvalue weighted by atomic mass is 79.9. The fourth-order valence-electron chi connectivity index (χ4n) is 1.95. The summed E-state index contributed by atoms with van der Waals surface area (Å²) in [6.07, 6.45) is 2.27. The van der Waals surface area contributed by atoms with Crippen LogP contribution in [0.15, 0.2) is 40.3 Å². The van der Waals surface area contributed by atoms with E-state index in [1.807, 2.05) is 29.6 Å². The maximum absolute atomic E-state index is 12.4. The molecular weight excluding hydrogens is 358 g/mol. The molecular formula is C13H10BrN3OS2. The van der Waals surface area contributed by atoms with Crippen LogP contribution in [0.5, 0.6) is 0 Å². The van der Waals surface area contributed by atoms with Gasteiger partial charge >= 0.3 is 0 Å². The summed E-state index contributed by atoms with van der Waals surface area (Å²) >= 11 is 6.06. The fraction of sp³-hybridized carbons (Fsp3) is 0.154. The SMILES string of the molecule is N=C1S[C@H](Cc2ccc(Br)cc2)C(=O)N1c1nccs1. The average molecular weight is 368 g/mol. The van der Waals surface area contributed by atoms with Crippen LogP contribution in [0.25, 0.3) is 0 Å². The van der Waals surface area contributed by atoms with Crippen LogP contribution in [0.4, 0.5) is 5.13 Å². The second-order valence-electron chi connectivity index (χ2n) is 4.23. The van der Waals surface area contributed by atoms with Crippen molar-refractivity contribution >= 4 is 55.2 Å². The van der Waals surface area contributed by atoms with Crippen molar-refractivity contribution in [3.05, 3.63) is 45.9 Å². The summed E-state index contributed by atoms with van der Waals surface area (Å²) in [4.78, 5) is 17.9. The molecule has 1 atom stereocenters. The van der Waals surface area contributed by atoms with E-state index in [0.717, 1.165) is 10.0 Å². The van der Waals surface area contributed by atoms with E-state index in [1.54, 1.807) is 6.20 Å². The number of nitrogens with zero attached hydrogens (tertiary/aromatic N) is 2. The standard InChI is InChI=1S/C13H10BrN3OS2/c14-9-3-1-8(2-4-9)7-10-11(18)17(12(15)20-10)13-16-5-6-19-13/h1-6,10,15H,7H2/t10-/m1/s1. The van der Waals surface area contributed by atoms with Gasteiger partial charge in [0.1, 0.15) is 0 Å². The molecule has 2 aromatic rings. The highest BCUT2D eigenvalue weighted by Gasteiger charge is 2.39. The molecule has 20 heavy (non-hydrogen) atoms. The Morgan fingerprint density at radius 2 is 2.10 bits per heavy atom. The van der Waals surface area contributed by atoms with E-state index in [1.165, 1.54) is 28.0 Å². The number of halogens is 1. The fourth-order valence-corrected chi connectivity index (χ4v) is 3.96. The van der Waals surface area contributed by atoms with Crippen LogP contribution in [0.1, 0.15) is 5.56 Å². The molecule has 4 nitrogen and oxygen atoms in total. The van der Waals surface area contributed by atoms with Gasteiger partial charge in [0.15, 0.2) is 10.3 Å². The summed E-state index contributed by atoms with van der Waals surface area (Å²) in [5.74, 6) is -0.0575. The van der Waals surface area contributed by atoms with Crippen LogP contribution in [-0.4, -0.2) is 21.3 Å². The molecule has 0 aliphatic carbocycles. The highest BCUT2D eigenvalue weighted by Crippen LogP contribution is 2.33. The minimum atomic E-state index is -0.243. The molecule has 102 valence electrons. The lowest BCUT2D eigenvalue weighted by molar-refractivity contribution is -0.116. The van der Waals surface area contributed by atoms with E-state index in [-0.39, 0.29) is 16.3 Å². The summed E-state index contributed by atoms with van der Waals surface area (Å²) in [5.41, 5.74) is 1.09. The van der Waals surface area contributed by atoms with Gasteiger partial charge < -0.3 is 0 Å². The Morgan fingerprint density at radius 1 is 1.35 bits per heavy atom. The first-order chi connectivity index (χ1) is 9.65. The summed E-state index contributed by atoms with van der Waals surface area (Å²) in [7, 11) is 0. The van der Waals surface area contributed by atoms with E-state index in [2.05, 4.69) is 20.9 Å². The quantitative estimate of drug-likeness (QED) is 0.902. The summed E-state index contributed by atoms with van der Waals surface area (Å²) in [6.45, 7) is 0. The molecule has 1 aliphatic heterocycles. The van der Waals surface area contributed by atoms with E-state index >= 15 is 0 Å². The van der Waals surface area contributed by atoms with Crippen LogP contribution in [0.3, 0.4) is 0 Å². The van der Waals surface area contributed by atoms with Gasteiger partial charge in [0.2, 0.25) is 5.91 Å². The van der Waals surface area contributed by atoms with E-state index < -0.39 is 0 Å². The first-order valence-electron chi connectivity index (χ1n) is 5.88. The average Bonchev–Trinajstić information content (AvgIpc) is 3.02. The first-order valence-corrected chi connectivity index (χ1v) is 8.43. The number of nitrogens with one attached hydrogen (secondary N) is 1. The predicted octanol–water partition coefficient (Wildman–Crippen LogP) is 3.53. The monoisotopic (exact) mass is 367 g/mol. The number of amides is 1. The van der Waals surface area contributed by atoms with Gasteiger partial charge in [-0.2, -0.15) is 0 Å². The number of thiazole rings is 1. The summed E-state index contributed by atoms with van der Waals surface area (Å²) in [6, 6.07) is 7.91. The summed E-state index contributed by atoms with van der Waals surface area (Å²) in [5, 5.41) is 10.4. The van der Waals surface area contributed by atoms with E-state index in [4.69, 9.17) is 5.41 Å². The van der Waals surface area contributed by atoms with Crippen molar-refractivity contribution in [2.24, 2.45) is 0 Å². The molecule has 1 aliphatic rings. The van der Waals surface area contributed by atoms with Crippen molar-refractivity contribution < 1.29 is 4.79 Å². The highest BCUT2D eigenvalue weighted by molar-refractivity contribution is 9.10. The Morgan fingerprint density at radius 3 is 2.75 bits per heavy atom. The second-order valence-corrected chi connectivity index (χ2v) is 7.21. The van der Waals surface area contributed by atoms with Gasteiger partial charge in [-0.25, -0.2) is 9.88 Å². The molecule has 3 rings (SSSR count).